The number of carbonyl (C=O) groups is 2. The Balaban J connectivity index is 1.68. The highest BCUT2D eigenvalue weighted by Gasteiger charge is 2.10. The molecular formula is C20H23NO5. The molecule has 0 aliphatic carbocycles. The van der Waals surface area contributed by atoms with Gasteiger partial charge < -0.3 is 19.5 Å². The van der Waals surface area contributed by atoms with E-state index in [0.29, 0.717) is 13.0 Å². The van der Waals surface area contributed by atoms with Crippen LogP contribution in [0.3, 0.4) is 0 Å². The Hall–Kier alpha value is -3.02. The van der Waals surface area contributed by atoms with E-state index in [4.69, 9.17) is 14.2 Å². The monoisotopic (exact) mass is 357 g/mol. The molecule has 0 radical (unpaired) electrons. The second-order valence-corrected chi connectivity index (χ2v) is 5.60. The summed E-state index contributed by atoms with van der Waals surface area (Å²) in [6.07, 6.45) is 0.683. The number of esters is 1. The highest BCUT2D eigenvalue weighted by molar-refractivity contribution is 5.80. The van der Waals surface area contributed by atoms with Gasteiger partial charge in [-0.05, 0) is 35.7 Å². The summed E-state index contributed by atoms with van der Waals surface area (Å²) in [5.74, 6) is 0.726. The first-order valence-corrected chi connectivity index (χ1v) is 8.29. The molecule has 2 aromatic carbocycles. The van der Waals surface area contributed by atoms with Crippen LogP contribution in [0.5, 0.6) is 11.5 Å². The molecule has 1 N–H and O–H groups in total. The van der Waals surface area contributed by atoms with Crippen molar-refractivity contribution in [3.63, 3.8) is 0 Å². The molecule has 0 aromatic heterocycles. The van der Waals surface area contributed by atoms with Crippen molar-refractivity contribution < 1.29 is 23.8 Å². The summed E-state index contributed by atoms with van der Waals surface area (Å²) in [4.78, 5) is 23.6. The highest BCUT2D eigenvalue weighted by atomic mass is 16.5. The maximum Gasteiger partial charge on any atom is 0.306 e. The molecule has 0 heterocycles. The lowest BCUT2D eigenvalue weighted by atomic mass is 10.1. The lowest BCUT2D eigenvalue weighted by molar-refractivity contribution is -0.148. The Morgan fingerprint density at radius 2 is 1.69 bits per heavy atom. The van der Waals surface area contributed by atoms with Crippen LogP contribution in [0.4, 0.5) is 0 Å². The van der Waals surface area contributed by atoms with Crippen molar-refractivity contribution in [2.24, 2.45) is 0 Å². The summed E-state index contributed by atoms with van der Waals surface area (Å²) in [5, 5.41) is 2.71. The van der Waals surface area contributed by atoms with Gasteiger partial charge in [-0.2, -0.15) is 0 Å². The minimum Gasteiger partial charge on any atom is -0.497 e. The first-order valence-electron chi connectivity index (χ1n) is 8.29. The number of rotatable bonds is 9. The van der Waals surface area contributed by atoms with Crippen LogP contribution in [0.1, 0.15) is 17.5 Å². The van der Waals surface area contributed by atoms with Gasteiger partial charge >= 0.3 is 5.97 Å². The average Bonchev–Trinajstić information content (AvgIpc) is 2.69. The summed E-state index contributed by atoms with van der Waals surface area (Å²) in [6, 6.07) is 14.8. The Morgan fingerprint density at radius 1 is 0.962 bits per heavy atom. The molecule has 0 aliphatic heterocycles. The van der Waals surface area contributed by atoms with E-state index in [2.05, 4.69) is 5.32 Å². The van der Waals surface area contributed by atoms with E-state index >= 15 is 0 Å². The molecule has 2 rings (SSSR count). The average molecular weight is 357 g/mol. The van der Waals surface area contributed by atoms with Crippen LogP contribution in [0.25, 0.3) is 0 Å². The molecule has 1 amide bonds. The molecule has 0 saturated heterocycles. The minimum atomic E-state index is -0.421. The molecule has 6 nitrogen and oxygen atoms in total. The number of hydrogen-bond acceptors (Lipinski definition) is 5. The van der Waals surface area contributed by atoms with Gasteiger partial charge in [0, 0.05) is 13.0 Å². The van der Waals surface area contributed by atoms with E-state index < -0.39 is 5.97 Å². The van der Waals surface area contributed by atoms with Gasteiger partial charge in [-0.3, -0.25) is 9.59 Å². The molecule has 138 valence electrons. The fourth-order valence-electron chi connectivity index (χ4n) is 2.36. The van der Waals surface area contributed by atoms with Crippen molar-refractivity contribution in [3.05, 3.63) is 59.7 Å². The maximum absolute atomic E-state index is 11.8. The number of amides is 1. The largest absolute Gasteiger partial charge is 0.497 e. The van der Waals surface area contributed by atoms with E-state index in [0.717, 1.165) is 22.6 Å². The Morgan fingerprint density at radius 3 is 2.38 bits per heavy atom. The lowest BCUT2D eigenvalue weighted by Crippen LogP contribution is -2.28. The summed E-state index contributed by atoms with van der Waals surface area (Å²) in [7, 11) is 3.18. The number of carbonyl (C=O) groups excluding carboxylic acids is 2. The van der Waals surface area contributed by atoms with Gasteiger partial charge in [0.25, 0.3) is 5.91 Å². The molecule has 2 aromatic rings. The second kappa shape index (κ2) is 10.1. The SMILES string of the molecule is COc1ccc(CNC(=O)COC(=O)CCc2ccccc2OC)cc1. The quantitative estimate of drug-likeness (QED) is 0.698. The van der Waals surface area contributed by atoms with Crippen molar-refractivity contribution in [1.82, 2.24) is 5.32 Å². The number of ether oxygens (including phenoxy) is 3. The molecule has 0 saturated carbocycles. The number of nitrogens with one attached hydrogen (secondary N) is 1. The third kappa shape index (κ3) is 6.12. The smallest absolute Gasteiger partial charge is 0.306 e. The molecule has 0 unspecified atom stereocenters. The number of hydrogen-bond donors (Lipinski definition) is 1. The first kappa shape index (κ1) is 19.3. The predicted molar refractivity (Wildman–Crippen MR) is 97.1 cm³/mol. The van der Waals surface area contributed by atoms with Crippen molar-refractivity contribution in [2.75, 3.05) is 20.8 Å². The topological polar surface area (TPSA) is 73.9 Å². The summed E-state index contributed by atoms with van der Waals surface area (Å²) >= 11 is 0. The van der Waals surface area contributed by atoms with Gasteiger partial charge in [-0.15, -0.1) is 0 Å². The van der Waals surface area contributed by atoms with Gasteiger partial charge in [0.15, 0.2) is 6.61 Å². The Bertz CT molecular complexity index is 727. The highest BCUT2D eigenvalue weighted by Crippen LogP contribution is 2.18. The number of para-hydroxylation sites is 1. The minimum absolute atomic E-state index is 0.187. The standard InChI is InChI=1S/C20H23NO5/c1-24-17-10-7-15(8-11-17)13-21-19(22)14-26-20(23)12-9-16-5-3-4-6-18(16)25-2/h3-8,10-11H,9,12-14H2,1-2H3,(H,21,22). The van der Waals surface area contributed by atoms with Crippen LogP contribution in [0.2, 0.25) is 0 Å². The molecule has 0 bridgehead atoms. The van der Waals surface area contributed by atoms with Crippen LogP contribution < -0.4 is 14.8 Å². The Kier molecular flexibility index (Phi) is 7.49. The van der Waals surface area contributed by atoms with Crippen LogP contribution in [-0.2, 0) is 27.3 Å². The van der Waals surface area contributed by atoms with Crippen molar-refractivity contribution in [2.45, 2.75) is 19.4 Å². The molecule has 6 heteroatoms. The van der Waals surface area contributed by atoms with Crippen LogP contribution in [0, 0.1) is 0 Å². The third-order valence-electron chi connectivity index (χ3n) is 3.80. The normalized spacial score (nSPS) is 10.1. The summed E-state index contributed by atoms with van der Waals surface area (Å²) in [6.45, 7) is 0.0719. The molecule has 0 aliphatic rings. The molecule has 0 spiro atoms. The molecule has 26 heavy (non-hydrogen) atoms. The molecule has 0 atom stereocenters. The third-order valence-corrected chi connectivity index (χ3v) is 3.80. The second-order valence-electron chi connectivity index (χ2n) is 5.60. The van der Waals surface area contributed by atoms with Crippen molar-refractivity contribution >= 4 is 11.9 Å². The van der Waals surface area contributed by atoms with Crippen molar-refractivity contribution in [1.29, 1.82) is 0 Å². The van der Waals surface area contributed by atoms with Crippen molar-refractivity contribution in [3.8, 4) is 11.5 Å². The van der Waals surface area contributed by atoms with E-state index in [1.807, 2.05) is 48.5 Å². The van der Waals surface area contributed by atoms with Crippen LogP contribution in [0.15, 0.2) is 48.5 Å². The number of methoxy groups -OCH3 is 2. The number of benzene rings is 2. The maximum atomic E-state index is 11.8. The van der Waals surface area contributed by atoms with Gasteiger partial charge in [-0.25, -0.2) is 0 Å². The number of aryl methyl sites for hydroxylation is 1. The zero-order valence-corrected chi connectivity index (χ0v) is 15.0. The molecular weight excluding hydrogens is 334 g/mol. The lowest BCUT2D eigenvalue weighted by Gasteiger charge is -2.09. The zero-order valence-electron chi connectivity index (χ0n) is 15.0. The van der Waals surface area contributed by atoms with Gasteiger partial charge in [-0.1, -0.05) is 30.3 Å². The predicted octanol–water partition coefficient (Wildman–Crippen LogP) is 2.50. The fourth-order valence-corrected chi connectivity index (χ4v) is 2.36. The summed E-state index contributed by atoms with van der Waals surface area (Å²) < 4.78 is 15.3. The summed E-state index contributed by atoms with van der Waals surface area (Å²) in [5.41, 5.74) is 1.86. The van der Waals surface area contributed by atoms with Gasteiger partial charge in [0.2, 0.25) is 0 Å². The Labute approximate surface area is 153 Å². The zero-order chi connectivity index (χ0) is 18.8. The van der Waals surface area contributed by atoms with Gasteiger partial charge in [0.05, 0.1) is 14.2 Å². The van der Waals surface area contributed by atoms with E-state index in [9.17, 15) is 9.59 Å². The molecule has 0 fully saturated rings. The fraction of sp³-hybridized carbons (Fsp3) is 0.300. The van der Waals surface area contributed by atoms with E-state index in [-0.39, 0.29) is 18.9 Å². The first-order chi connectivity index (χ1) is 12.6. The van der Waals surface area contributed by atoms with Gasteiger partial charge in [0.1, 0.15) is 11.5 Å². The van der Waals surface area contributed by atoms with Crippen LogP contribution in [-0.4, -0.2) is 32.7 Å². The van der Waals surface area contributed by atoms with E-state index in [1.54, 1.807) is 14.2 Å². The van der Waals surface area contributed by atoms with Crippen LogP contribution >= 0.6 is 0 Å². The van der Waals surface area contributed by atoms with E-state index in [1.165, 1.54) is 0 Å².